The molecule has 7 heteroatoms. The van der Waals surface area contributed by atoms with Crippen molar-refractivity contribution < 1.29 is 4.79 Å². The van der Waals surface area contributed by atoms with E-state index in [1.165, 1.54) is 25.6 Å². The summed E-state index contributed by atoms with van der Waals surface area (Å²) < 4.78 is 0. The average molecular weight is 352 g/mol. The molecule has 0 spiro atoms. The molecule has 6 nitrogen and oxygen atoms in total. The molecule has 1 aliphatic carbocycles. The van der Waals surface area contributed by atoms with Gasteiger partial charge in [0.25, 0.3) is 0 Å². The monoisotopic (exact) mass is 351 g/mol. The number of amides is 1. The number of rotatable bonds is 4. The molecule has 1 saturated heterocycles. The fourth-order valence-electron chi connectivity index (χ4n) is 3.73. The van der Waals surface area contributed by atoms with E-state index in [1.54, 1.807) is 0 Å². The fraction of sp³-hybridized carbons (Fsp3) is 0.706. The quantitative estimate of drug-likeness (QED) is 0.816. The summed E-state index contributed by atoms with van der Waals surface area (Å²) in [5.41, 5.74) is 0.767. The first kappa shape index (κ1) is 17.3. The zero-order valence-electron chi connectivity index (χ0n) is 14.2. The Hall–Kier alpha value is -1.56. The lowest BCUT2D eigenvalue weighted by Gasteiger charge is -2.34. The van der Waals surface area contributed by atoms with Crippen LogP contribution in [0.15, 0.2) is 6.33 Å². The van der Waals surface area contributed by atoms with Gasteiger partial charge < -0.3 is 15.5 Å². The van der Waals surface area contributed by atoms with Gasteiger partial charge in [0.15, 0.2) is 11.0 Å². The number of carbonyl (C=O) groups is 1. The van der Waals surface area contributed by atoms with E-state index in [-0.39, 0.29) is 17.9 Å². The van der Waals surface area contributed by atoms with Crippen molar-refractivity contribution in [1.29, 1.82) is 0 Å². The van der Waals surface area contributed by atoms with Crippen molar-refractivity contribution in [3.63, 3.8) is 0 Å². The molecular weight excluding hydrogens is 326 g/mol. The van der Waals surface area contributed by atoms with Crippen LogP contribution in [0.3, 0.4) is 0 Å². The van der Waals surface area contributed by atoms with Crippen molar-refractivity contribution in [2.45, 2.75) is 51.0 Å². The Morgan fingerprint density at radius 1 is 1.17 bits per heavy atom. The van der Waals surface area contributed by atoms with Crippen molar-refractivity contribution in [2.75, 3.05) is 30.4 Å². The molecule has 2 fully saturated rings. The molecule has 0 bridgehead atoms. The zero-order valence-corrected chi connectivity index (χ0v) is 15.0. The molecule has 3 rings (SSSR count). The van der Waals surface area contributed by atoms with Crippen LogP contribution in [0.1, 0.15) is 44.9 Å². The van der Waals surface area contributed by atoms with Gasteiger partial charge in [-0.05, 0) is 25.7 Å². The first-order chi connectivity index (χ1) is 11.7. The number of halogens is 1. The van der Waals surface area contributed by atoms with Crippen molar-refractivity contribution in [1.82, 2.24) is 15.3 Å². The highest BCUT2D eigenvalue weighted by Crippen LogP contribution is 2.30. The van der Waals surface area contributed by atoms with Crippen LogP contribution in [-0.4, -0.2) is 42.1 Å². The smallest absolute Gasteiger partial charge is 0.223 e. The van der Waals surface area contributed by atoms with Gasteiger partial charge in [-0.1, -0.05) is 30.9 Å². The summed E-state index contributed by atoms with van der Waals surface area (Å²) in [5, 5.41) is 6.78. The summed E-state index contributed by atoms with van der Waals surface area (Å²) in [4.78, 5) is 23.0. The van der Waals surface area contributed by atoms with Gasteiger partial charge in [0.2, 0.25) is 5.91 Å². The Labute approximate surface area is 148 Å². The number of piperidine rings is 1. The number of carbonyl (C=O) groups excluding carboxylic acids is 1. The molecule has 1 amide bonds. The molecule has 1 saturated carbocycles. The summed E-state index contributed by atoms with van der Waals surface area (Å²) in [7, 11) is 1.82. The van der Waals surface area contributed by atoms with E-state index in [0.29, 0.717) is 5.15 Å². The van der Waals surface area contributed by atoms with Crippen LogP contribution in [0, 0.1) is 5.92 Å². The lowest BCUT2D eigenvalue weighted by molar-refractivity contribution is -0.126. The number of nitrogens with zero attached hydrogens (tertiary/aromatic N) is 3. The molecule has 0 radical (unpaired) electrons. The molecule has 2 N–H and O–H groups in total. The van der Waals surface area contributed by atoms with E-state index >= 15 is 0 Å². The minimum absolute atomic E-state index is 0.230. The first-order valence-electron chi connectivity index (χ1n) is 8.92. The second kappa shape index (κ2) is 8.01. The second-order valence-corrected chi connectivity index (χ2v) is 7.08. The third kappa shape index (κ3) is 3.91. The normalized spacial score (nSPS) is 20.0. The highest BCUT2D eigenvalue weighted by atomic mass is 35.5. The van der Waals surface area contributed by atoms with Gasteiger partial charge >= 0.3 is 0 Å². The average Bonchev–Trinajstić information content (AvgIpc) is 2.63. The van der Waals surface area contributed by atoms with Gasteiger partial charge in [-0.3, -0.25) is 4.79 Å². The third-order valence-corrected chi connectivity index (χ3v) is 5.43. The Kier molecular flexibility index (Phi) is 5.76. The van der Waals surface area contributed by atoms with Crippen molar-refractivity contribution >= 4 is 29.0 Å². The Morgan fingerprint density at radius 2 is 1.88 bits per heavy atom. The summed E-state index contributed by atoms with van der Waals surface area (Å²) in [6, 6.07) is 0.269. The maximum atomic E-state index is 12.4. The molecule has 1 aliphatic heterocycles. The number of nitrogens with one attached hydrogen (secondary N) is 2. The Balaban J connectivity index is 1.54. The number of hydrogen-bond acceptors (Lipinski definition) is 5. The van der Waals surface area contributed by atoms with Crippen molar-refractivity contribution in [2.24, 2.45) is 5.92 Å². The maximum Gasteiger partial charge on any atom is 0.223 e. The van der Waals surface area contributed by atoms with Gasteiger partial charge in [0.05, 0.1) is 0 Å². The summed E-state index contributed by atoms with van der Waals surface area (Å²) >= 11 is 6.13. The number of hydrogen-bond donors (Lipinski definition) is 2. The van der Waals surface area contributed by atoms with Crippen LogP contribution in [0.2, 0.25) is 5.15 Å². The van der Waals surface area contributed by atoms with E-state index < -0.39 is 0 Å². The molecule has 2 aliphatic rings. The molecule has 1 aromatic heterocycles. The molecular formula is C17H26ClN5O. The molecule has 132 valence electrons. The highest BCUT2D eigenvalue weighted by Gasteiger charge is 2.27. The third-order valence-electron chi connectivity index (χ3n) is 5.15. The summed E-state index contributed by atoms with van der Waals surface area (Å²) in [6.07, 6.45) is 9.13. The SMILES string of the molecule is CNc1c(Cl)ncnc1N1CCC(NC(=O)C2CCCCC2)CC1. The highest BCUT2D eigenvalue weighted by molar-refractivity contribution is 6.32. The lowest BCUT2D eigenvalue weighted by atomic mass is 9.88. The van der Waals surface area contributed by atoms with Gasteiger partial charge in [0, 0.05) is 32.1 Å². The minimum atomic E-state index is 0.230. The Morgan fingerprint density at radius 3 is 2.54 bits per heavy atom. The van der Waals surface area contributed by atoms with Crippen LogP contribution in [0.4, 0.5) is 11.5 Å². The van der Waals surface area contributed by atoms with Crippen LogP contribution in [0.25, 0.3) is 0 Å². The van der Waals surface area contributed by atoms with Crippen molar-refractivity contribution in [3.05, 3.63) is 11.5 Å². The summed E-state index contributed by atoms with van der Waals surface area (Å²) in [5.74, 6) is 1.33. The van der Waals surface area contributed by atoms with Gasteiger partial charge in [0.1, 0.15) is 12.0 Å². The number of anilines is 2. The molecule has 0 aromatic carbocycles. The van der Waals surface area contributed by atoms with Gasteiger partial charge in [-0.2, -0.15) is 0 Å². The predicted molar refractivity (Wildman–Crippen MR) is 96.5 cm³/mol. The van der Waals surface area contributed by atoms with Crippen LogP contribution >= 0.6 is 11.6 Å². The van der Waals surface area contributed by atoms with E-state index in [4.69, 9.17) is 11.6 Å². The van der Waals surface area contributed by atoms with Crippen LogP contribution in [0.5, 0.6) is 0 Å². The van der Waals surface area contributed by atoms with E-state index in [2.05, 4.69) is 25.5 Å². The topological polar surface area (TPSA) is 70.2 Å². The maximum absolute atomic E-state index is 12.4. The fourth-order valence-corrected chi connectivity index (χ4v) is 3.95. The second-order valence-electron chi connectivity index (χ2n) is 6.72. The first-order valence-corrected chi connectivity index (χ1v) is 9.30. The molecule has 24 heavy (non-hydrogen) atoms. The Bertz CT molecular complexity index is 568. The van der Waals surface area contributed by atoms with E-state index in [1.807, 2.05) is 7.05 Å². The van der Waals surface area contributed by atoms with Crippen molar-refractivity contribution in [3.8, 4) is 0 Å². The van der Waals surface area contributed by atoms with Crippen LogP contribution < -0.4 is 15.5 Å². The predicted octanol–water partition coefficient (Wildman–Crippen LogP) is 2.84. The largest absolute Gasteiger partial charge is 0.383 e. The molecule has 0 unspecified atom stereocenters. The molecule has 2 heterocycles. The van der Waals surface area contributed by atoms with E-state index in [0.717, 1.165) is 50.3 Å². The number of aromatic nitrogens is 2. The van der Waals surface area contributed by atoms with Gasteiger partial charge in [-0.15, -0.1) is 0 Å². The zero-order chi connectivity index (χ0) is 16.9. The van der Waals surface area contributed by atoms with E-state index in [9.17, 15) is 4.79 Å². The van der Waals surface area contributed by atoms with Gasteiger partial charge in [-0.25, -0.2) is 9.97 Å². The standard InChI is InChI=1S/C17H26ClN5O/c1-19-14-15(18)20-11-21-16(14)23-9-7-13(8-10-23)22-17(24)12-5-3-2-4-6-12/h11-13,19H,2-10H2,1H3,(H,22,24). The summed E-state index contributed by atoms with van der Waals surface area (Å²) in [6.45, 7) is 1.72. The minimum Gasteiger partial charge on any atom is -0.383 e. The molecule has 1 aromatic rings. The van der Waals surface area contributed by atoms with Crippen LogP contribution in [-0.2, 0) is 4.79 Å². The molecule has 0 atom stereocenters. The lowest BCUT2D eigenvalue weighted by Crippen LogP contribution is -2.47.